The molecule has 5 atom stereocenters. The van der Waals surface area contributed by atoms with Crippen molar-refractivity contribution in [1.82, 2.24) is 5.48 Å². The molecule has 1 aliphatic carbocycles. The Bertz CT molecular complexity index is 629. The van der Waals surface area contributed by atoms with E-state index in [2.05, 4.69) is 5.48 Å². The predicted molar refractivity (Wildman–Crippen MR) is 78.3 cm³/mol. The Labute approximate surface area is 133 Å². The summed E-state index contributed by atoms with van der Waals surface area (Å²) in [6.07, 6.45) is -3.38. The zero-order valence-corrected chi connectivity index (χ0v) is 12.3. The van der Waals surface area contributed by atoms with Crippen molar-refractivity contribution in [2.24, 2.45) is 0 Å². The molecule has 3 unspecified atom stereocenters. The number of nitrogens with zero attached hydrogens (tertiary/aromatic N) is 1. The Morgan fingerprint density at radius 3 is 2.74 bits per heavy atom. The molecule has 1 fully saturated rings. The average Bonchev–Trinajstić information content (AvgIpc) is 2.54. The van der Waals surface area contributed by atoms with E-state index in [0.29, 0.717) is 0 Å². The molecule has 122 valence electrons. The van der Waals surface area contributed by atoms with E-state index in [4.69, 9.17) is 9.57 Å². The van der Waals surface area contributed by atoms with Gasteiger partial charge in [0.2, 0.25) is 0 Å². The molecule has 23 heavy (non-hydrogen) atoms. The van der Waals surface area contributed by atoms with E-state index in [0.717, 1.165) is 5.56 Å². The van der Waals surface area contributed by atoms with Gasteiger partial charge < -0.3 is 20.1 Å². The standard InChI is InChI=1S/C16H18N2O5/c17-8-11-6-12(19)14-15(21)16(11,7-13(20)23-14)18-22-9-10-4-2-1-3-5-10/h1-6,12-15,18-21H,7,9H2/t12?,13-,14-,15?,16?/m1/s1. The first-order chi connectivity index (χ1) is 11.1. The number of aliphatic hydroxyl groups excluding tert-OH is 3. The topological polar surface area (TPSA) is 115 Å². The minimum absolute atomic E-state index is 0.0639. The number of nitriles is 1. The van der Waals surface area contributed by atoms with Crippen molar-refractivity contribution in [1.29, 1.82) is 5.26 Å². The van der Waals surface area contributed by atoms with E-state index in [1.807, 2.05) is 36.4 Å². The number of rotatable bonds is 4. The van der Waals surface area contributed by atoms with Gasteiger partial charge in [0.1, 0.15) is 23.9 Å². The first-order valence-corrected chi connectivity index (χ1v) is 7.32. The fourth-order valence-corrected chi connectivity index (χ4v) is 3.05. The molecule has 2 aliphatic rings. The van der Waals surface area contributed by atoms with Crippen molar-refractivity contribution in [3.8, 4) is 6.07 Å². The van der Waals surface area contributed by atoms with Crippen LogP contribution in [0.2, 0.25) is 0 Å². The molecule has 1 saturated heterocycles. The SMILES string of the molecule is N#CC1=CC(O)[C@H]2O[C@@H](O)CC1(NOCc1ccccc1)C2O. The van der Waals surface area contributed by atoms with Crippen LogP contribution in [0.5, 0.6) is 0 Å². The zero-order chi connectivity index (χ0) is 16.4. The zero-order valence-electron chi connectivity index (χ0n) is 12.3. The quantitative estimate of drug-likeness (QED) is 0.565. The predicted octanol–water partition coefficient (Wildman–Crippen LogP) is -0.261. The molecule has 1 heterocycles. The normalized spacial score (nSPS) is 36.2. The Kier molecular flexibility index (Phi) is 4.46. The molecular weight excluding hydrogens is 300 g/mol. The van der Waals surface area contributed by atoms with E-state index in [1.165, 1.54) is 6.08 Å². The van der Waals surface area contributed by atoms with Crippen LogP contribution in [0, 0.1) is 11.3 Å². The molecular formula is C16H18N2O5. The van der Waals surface area contributed by atoms with Crippen LogP contribution in [-0.4, -0.2) is 45.5 Å². The smallest absolute Gasteiger partial charge is 0.157 e. The summed E-state index contributed by atoms with van der Waals surface area (Å²) in [4.78, 5) is 5.47. The van der Waals surface area contributed by atoms with Gasteiger partial charge in [0.15, 0.2) is 6.29 Å². The highest BCUT2D eigenvalue weighted by Gasteiger charge is 2.56. The van der Waals surface area contributed by atoms with Crippen molar-refractivity contribution >= 4 is 0 Å². The van der Waals surface area contributed by atoms with Gasteiger partial charge in [-0.3, -0.25) is 4.84 Å². The number of hydroxylamine groups is 1. The number of nitrogens with one attached hydrogen (secondary N) is 1. The number of ether oxygens (including phenoxy) is 1. The summed E-state index contributed by atoms with van der Waals surface area (Å²) in [5.41, 5.74) is 2.44. The lowest BCUT2D eigenvalue weighted by Gasteiger charge is -2.50. The second-order valence-electron chi connectivity index (χ2n) is 5.73. The van der Waals surface area contributed by atoms with Crippen LogP contribution in [0.1, 0.15) is 12.0 Å². The van der Waals surface area contributed by atoms with Crippen molar-refractivity contribution in [2.75, 3.05) is 0 Å². The summed E-state index contributed by atoms with van der Waals surface area (Å²) in [5.74, 6) is 0. The van der Waals surface area contributed by atoms with Crippen molar-refractivity contribution in [2.45, 2.75) is 43.2 Å². The lowest BCUT2D eigenvalue weighted by molar-refractivity contribution is -0.260. The number of hydrogen-bond donors (Lipinski definition) is 4. The van der Waals surface area contributed by atoms with E-state index >= 15 is 0 Å². The molecule has 1 aromatic rings. The maximum Gasteiger partial charge on any atom is 0.157 e. The highest BCUT2D eigenvalue weighted by molar-refractivity contribution is 5.41. The molecule has 7 nitrogen and oxygen atoms in total. The third kappa shape index (κ3) is 2.88. The summed E-state index contributed by atoms with van der Waals surface area (Å²) in [7, 11) is 0. The second kappa shape index (κ2) is 6.37. The molecule has 0 amide bonds. The van der Waals surface area contributed by atoms with Crippen LogP contribution < -0.4 is 5.48 Å². The van der Waals surface area contributed by atoms with Crippen LogP contribution in [0.3, 0.4) is 0 Å². The lowest BCUT2D eigenvalue weighted by atomic mass is 9.72. The fourth-order valence-electron chi connectivity index (χ4n) is 3.05. The van der Waals surface area contributed by atoms with Gasteiger partial charge in [-0.1, -0.05) is 30.3 Å². The monoisotopic (exact) mass is 318 g/mol. The Morgan fingerprint density at radius 1 is 1.30 bits per heavy atom. The summed E-state index contributed by atoms with van der Waals surface area (Å²) < 4.78 is 5.17. The number of hydrogen-bond acceptors (Lipinski definition) is 7. The molecule has 0 spiro atoms. The Hall–Kier alpha value is -1.79. The molecule has 0 aromatic heterocycles. The number of aliphatic hydroxyl groups is 3. The molecule has 0 radical (unpaired) electrons. The van der Waals surface area contributed by atoms with Crippen LogP contribution >= 0.6 is 0 Å². The van der Waals surface area contributed by atoms with E-state index in [9.17, 15) is 20.6 Å². The Balaban J connectivity index is 1.81. The third-order valence-electron chi connectivity index (χ3n) is 4.24. The molecule has 0 saturated carbocycles. The molecule has 2 bridgehead atoms. The van der Waals surface area contributed by atoms with Crippen LogP contribution in [0.25, 0.3) is 0 Å². The summed E-state index contributed by atoms with van der Waals surface area (Å²) in [6.45, 7) is 0.220. The molecule has 4 N–H and O–H groups in total. The largest absolute Gasteiger partial charge is 0.388 e. The van der Waals surface area contributed by atoms with Gasteiger partial charge in [-0.05, 0) is 11.6 Å². The van der Waals surface area contributed by atoms with Gasteiger partial charge in [-0.2, -0.15) is 10.7 Å². The fraction of sp³-hybridized carbons (Fsp3) is 0.438. The van der Waals surface area contributed by atoms with E-state index < -0.39 is 30.1 Å². The number of benzene rings is 1. The molecule has 1 aromatic carbocycles. The van der Waals surface area contributed by atoms with Crippen LogP contribution in [0.4, 0.5) is 0 Å². The minimum Gasteiger partial charge on any atom is -0.388 e. The highest BCUT2D eigenvalue weighted by atomic mass is 16.7. The molecule has 1 aliphatic heterocycles. The first-order valence-electron chi connectivity index (χ1n) is 7.32. The average molecular weight is 318 g/mol. The maximum atomic E-state index is 10.5. The van der Waals surface area contributed by atoms with Gasteiger partial charge in [-0.25, -0.2) is 0 Å². The van der Waals surface area contributed by atoms with Gasteiger partial charge in [-0.15, -0.1) is 0 Å². The van der Waals surface area contributed by atoms with Crippen molar-refractivity contribution in [3.63, 3.8) is 0 Å². The Morgan fingerprint density at radius 2 is 2.04 bits per heavy atom. The van der Waals surface area contributed by atoms with E-state index in [1.54, 1.807) is 0 Å². The summed E-state index contributed by atoms with van der Waals surface area (Å²) in [6, 6.07) is 11.4. The van der Waals surface area contributed by atoms with Crippen LogP contribution in [-0.2, 0) is 16.2 Å². The summed E-state index contributed by atoms with van der Waals surface area (Å²) >= 11 is 0. The first kappa shape index (κ1) is 16.1. The minimum atomic E-state index is -1.31. The van der Waals surface area contributed by atoms with Gasteiger partial charge >= 0.3 is 0 Å². The van der Waals surface area contributed by atoms with Crippen molar-refractivity contribution in [3.05, 3.63) is 47.5 Å². The van der Waals surface area contributed by atoms with Crippen LogP contribution in [0.15, 0.2) is 42.0 Å². The number of fused-ring (bicyclic) bond motifs is 2. The highest BCUT2D eigenvalue weighted by Crippen LogP contribution is 2.39. The van der Waals surface area contributed by atoms with Gasteiger partial charge in [0.05, 0.1) is 18.2 Å². The lowest BCUT2D eigenvalue weighted by Crippen LogP contribution is -2.69. The molecule has 3 rings (SSSR count). The molecule has 7 heteroatoms. The van der Waals surface area contributed by atoms with E-state index in [-0.39, 0.29) is 18.6 Å². The van der Waals surface area contributed by atoms with Gasteiger partial charge in [0.25, 0.3) is 0 Å². The third-order valence-corrected chi connectivity index (χ3v) is 4.24. The van der Waals surface area contributed by atoms with Gasteiger partial charge in [0, 0.05) is 6.42 Å². The second-order valence-corrected chi connectivity index (χ2v) is 5.73. The summed E-state index contributed by atoms with van der Waals surface area (Å²) in [5, 5.41) is 39.6. The maximum absolute atomic E-state index is 10.5. The van der Waals surface area contributed by atoms with Crippen molar-refractivity contribution < 1.29 is 24.9 Å².